The standard InChI is InChI=1S/C13H12F3N3.ClH/c1-8(17)11-3-2-10(7-19-11)9-4-5-18-12(6-9)13(14,15)16;/h2-8H,17H2,1H3;1H. The molecule has 0 saturated heterocycles. The molecule has 0 radical (unpaired) electrons. The Morgan fingerprint density at radius 1 is 1.10 bits per heavy atom. The molecule has 1 atom stereocenters. The number of nitrogens with zero attached hydrogens (tertiary/aromatic N) is 2. The third-order valence-electron chi connectivity index (χ3n) is 2.64. The minimum absolute atomic E-state index is 0. The molecule has 2 aromatic heterocycles. The van der Waals surface area contributed by atoms with Gasteiger partial charge in [-0.3, -0.25) is 9.97 Å². The molecular formula is C13H13ClF3N3. The van der Waals surface area contributed by atoms with Gasteiger partial charge < -0.3 is 5.73 Å². The van der Waals surface area contributed by atoms with Crippen LogP contribution < -0.4 is 5.73 Å². The van der Waals surface area contributed by atoms with E-state index in [1.165, 1.54) is 12.3 Å². The lowest BCUT2D eigenvalue weighted by Gasteiger charge is -2.09. The zero-order valence-corrected chi connectivity index (χ0v) is 11.4. The number of halogens is 4. The molecule has 3 nitrogen and oxygen atoms in total. The first kappa shape index (κ1) is 16.4. The van der Waals surface area contributed by atoms with Crippen LogP contribution in [-0.4, -0.2) is 9.97 Å². The summed E-state index contributed by atoms with van der Waals surface area (Å²) in [6.45, 7) is 1.79. The van der Waals surface area contributed by atoms with Gasteiger partial charge in [0.05, 0.1) is 5.69 Å². The Labute approximate surface area is 120 Å². The monoisotopic (exact) mass is 303 g/mol. The molecule has 0 spiro atoms. The van der Waals surface area contributed by atoms with Crippen LogP contribution in [0.25, 0.3) is 11.1 Å². The summed E-state index contributed by atoms with van der Waals surface area (Å²) < 4.78 is 37.7. The SMILES string of the molecule is CC(N)c1ccc(-c2ccnc(C(F)(F)F)c2)cn1.Cl. The number of hydrogen-bond acceptors (Lipinski definition) is 3. The summed E-state index contributed by atoms with van der Waals surface area (Å²) in [7, 11) is 0. The van der Waals surface area contributed by atoms with E-state index in [2.05, 4.69) is 9.97 Å². The van der Waals surface area contributed by atoms with Gasteiger partial charge in [-0.15, -0.1) is 12.4 Å². The highest BCUT2D eigenvalue weighted by atomic mass is 35.5. The molecule has 0 bridgehead atoms. The van der Waals surface area contributed by atoms with Crippen LogP contribution in [0.1, 0.15) is 24.4 Å². The van der Waals surface area contributed by atoms with Gasteiger partial charge in [-0.1, -0.05) is 6.07 Å². The van der Waals surface area contributed by atoms with E-state index < -0.39 is 11.9 Å². The lowest BCUT2D eigenvalue weighted by Crippen LogP contribution is -2.08. The van der Waals surface area contributed by atoms with E-state index in [-0.39, 0.29) is 18.4 Å². The molecule has 2 rings (SSSR count). The average Bonchev–Trinajstić information content (AvgIpc) is 2.38. The average molecular weight is 304 g/mol. The van der Waals surface area contributed by atoms with Crippen molar-refractivity contribution in [1.29, 1.82) is 0 Å². The maximum Gasteiger partial charge on any atom is 0.433 e. The molecule has 0 aliphatic rings. The Hall–Kier alpha value is -1.66. The molecule has 2 N–H and O–H groups in total. The highest BCUT2D eigenvalue weighted by molar-refractivity contribution is 5.85. The fraction of sp³-hybridized carbons (Fsp3) is 0.231. The van der Waals surface area contributed by atoms with Crippen molar-refractivity contribution in [2.24, 2.45) is 5.73 Å². The zero-order chi connectivity index (χ0) is 14.0. The van der Waals surface area contributed by atoms with Gasteiger partial charge in [0, 0.05) is 24.0 Å². The van der Waals surface area contributed by atoms with Crippen LogP contribution >= 0.6 is 12.4 Å². The molecule has 7 heteroatoms. The van der Waals surface area contributed by atoms with E-state index in [1.807, 2.05) is 0 Å². The van der Waals surface area contributed by atoms with Crippen LogP contribution in [-0.2, 0) is 6.18 Å². The van der Waals surface area contributed by atoms with Gasteiger partial charge in [-0.05, 0) is 30.7 Å². The van der Waals surface area contributed by atoms with E-state index in [1.54, 1.807) is 19.1 Å². The number of nitrogens with two attached hydrogens (primary N) is 1. The van der Waals surface area contributed by atoms with Crippen LogP contribution in [0.2, 0.25) is 0 Å². The quantitative estimate of drug-likeness (QED) is 0.922. The Bertz CT molecular complexity index is 568. The Morgan fingerprint density at radius 2 is 1.80 bits per heavy atom. The largest absolute Gasteiger partial charge is 0.433 e. The number of pyridine rings is 2. The number of alkyl halides is 3. The summed E-state index contributed by atoms with van der Waals surface area (Å²) in [4.78, 5) is 7.44. The second-order valence-electron chi connectivity index (χ2n) is 4.19. The first-order valence-corrected chi connectivity index (χ1v) is 5.63. The van der Waals surface area contributed by atoms with E-state index >= 15 is 0 Å². The highest BCUT2D eigenvalue weighted by Crippen LogP contribution is 2.30. The number of hydrogen-bond donors (Lipinski definition) is 1. The summed E-state index contributed by atoms with van der Waals surface area (Å²) in [5.74, 6) is 0. The van der Waals surface area contributed by atoms with Crippen molar-refractivity contribution < 1.29 is 13.2 Å². The summed E-state index contributed by atoms with van der Waals surface area (Å²) in [6, 6.07) is 5.70. The van der Waals surface area contributed by atoms with Crippen molar-refractivity contribution in [2.45, 2.75) is 19.1 Å². The van der Waals surface area contributed by atoms with Gasteiger partial charge in [-0.2, -0.15) is 13.2 Å². The maximum absolute atomic E-state index is 12.6. The third-order valence-corrected chi connectivity index (χ3v) is 2.64. The Kier molecular flexibility index (Phi) is 5.08. The Balaban J connectivity index is 0.00000200. The summed E-state index contributed by atoms with van der Waals surface area (Å²) in [5, 5.41) is 0. The van der Waals surface area contributed by atoms with Crippen LogP contribution in [0.4, 0.5) is 13.2 Å². The van der Waals surface area contributed by atoms with E-state index in [0.717, 1.165) is 12.3 Å². The molecular weight excluding hydrogens is 291 g/mol. The molecule has 2 aromatic rings. The fourth-order valence-electron chi connectivity index (χ4n) is 1.61. The van der Waals surface area contributed by atoms with E-state index in [0.29, 0.717) is 16.8 Å². The number of aromatic nitrogens is 2. The lowest BCUT2D eigenvalue weighted by atomic mass is 10.1. The predicted octanol–water partition coefficient (Wildman–Crippen LogP) is 3.60. The maximum atomic E-state index is 12.6. The molecule has 0 fully saturated rings. The van der Waals surface area contributed by atoms with Crippen LogP contribution in [0.3, 0.4) is 0 Å². The Morgan fingerprint density at radius 3 is 2.30 bits per heavy atom. The van der Waals surface area contributed by atoms with Crippen LogP contribution in [0.5, 0.6) is 0 Å². The van der Waals surface area contributed by atoms with Gasteiger partial charge in [0.25, 0.3) is 0 Å². The van der Waals surface area contributed by atoms with Crippen molar-refractivity contribution in [1.82, 2.24) is 9.97 Å². The molecule has 0 aliphatic carbocycles. The normalized spacial score (nSPS) is 12.7. The van der Waals surface area contributed by atoms with Crippen LogP contribution in [0, 0.1) is 0 Å². The first-order chi connectivity index (χ1) is 8.88. The smallest absolute Gasteiger partial charge is 0.323 e. The van der Waals surface area contributed by atoms with E-state index in [9.17, 15) is 13.2 Å². The van der Waals surface area contributed by atoms with Crippen LogP contribution in [0.15, 0.2) is 36.7 Å². The molecule has 1 unspecified atom stereocenters. The summed E-state index contributed by atoms with van der Waals surface area (Å²) in [5.41, 5.74) is 6.45. The molecule has 0 saturated carbocycles. The minimum Gasteiger partial charge on any atom is -0.323 e. The molecule has 0 aliphatic heterocycles. The lowest BCUT2D eigenvalue weighted by molar-refractivity contribution is -0.141. The second kappa shape index (κ2) is 6.19. The van der Waals surface area contributed by atoms with Crippen molar-refractivity contribution in [3.8, 4) is 11.1 Å². The first-order valence-electron chi connectivity index (χ1n) is 5.63. The van der Waals surface area contributed by atoms with Crippen molar-refractivity contribution in [3.63, 3.8) is 0 Å². The summed E-state index contributed by atoms with van der Waals surface area (Å²) >= 11 is 0. The van der Waals surface area contributed by atoms with Gasteiger partial charge in [0.15, 0.2) is 0 Å². The minimum atomic E-state index is -4.45. The molecule has 108 valence electrons. The van der Waals surface area contributed by atoms with Gasteiger partial charge >= 0.3 is 6.18 Å². The number of rotatable bonds is 2. The topological polar surface area (TPSA) is 51.8 Å². The summed E-state index contributed by atoms with van der Waals surface area (Å²) in [6.07, 6.45) is -1.80. The van der Waals surface area contributed by atoms with Gasteiger partial charge in [0.2, 0.25) is 0 Å². The molecule has 0 aromatic carbocycles. The zero-order valence-electron chi connectivity index (χ0n) is 10.6. The second-order valence-corrected chi connectivity index (χ2v) is 4.19. The highest BCUT2D eigenvalue weighted by Gasteiger charge is 2.32. The van der Waals surface area contributed by atoms with Crippen molar-refractivity contribution in [3.05, 3.63) is 48.0 Å². The van der Waals surface area contributed by atoms with E-state index in [4.69, 9.17) is 5.73 Å². The predicted molar refractivity (Wildman–Crippen MR) is 72.3 cm³/mol. The van der Waals surface area contributed by atoms with Gasteiger partial charge in [-0.25, -0.2) is 0 Å². The van der Waals surface area contributed by atoms with Gasteiger partial charge in [0.1, 0.15) is 5.69 Å². The molecule has 20 heavy (non-hydrogen) atoms. The molecule has 0 amide bonds. The van der Waals surface area contributed by atoms with Crippen molar-refractivity contribution in [2.75, 3.05) is 0 Å². The fourth-order valence-corrected chi connectivity index (χ4v) is 1.61. The van der Waals surface area contributed by atoms with Crippen molar-refractivity contribution >= 4 is 12.4 Å². The third kappa shape index (κ3) is 3.68. The molecule has 2 heterocycles.